The summed E-state index contributed by atoms with van der Waals surface area (Å²) in [5.74, 6) is 0.784. The summed E-state index contributed by atoms with van der Waals surface area (Å²) < 4.78 is 5.71. The molecule has 0 saturated heterocycles. The van der Waals surface area contributed by atoms with Gasteiger partial charge in [0, 0.05) is 5.39 Å². The lowest BCUT2D eigenvalue weighted by Crippen LogP contribution is -1.90. The number of furan rings is 1. The molecule has 0 aliphatic heterocycles. The minimum Gasteiger partial charge on any atom is -0.452 e. The molecule has 0 saturated carbocycles. The lowest BCUT2D eigenvalue weighted by Gasteiger charge is -1.95. The van der Waals surface area contributed by atoms with Gasteiger partial charge in [-0.1, -0.05) is 12.1 Å². The maximum Gasteiger partial charge on any atom is 0.175 e. The van der Waals surface area contributed by atoms with E-state index in [0.717, 1.165) is 33.6 Å². The first-order valence-corrected chi connectivity index (χ1v) is 4.88. The van der Waals surface area contributed by atoms with Crippen molar-refractivity contribution in [3.05, 3.63) is 35.8 Å². The summed E-state index contributed by atoms with van der Waals surface area (Å²) in [5.41, 5.74) is 3.47. The molecular formula is C12H10N2O. The van der Waals surface area contributed by atoms with Gasteiger partial charge in [0.05, 0.1) is 5.69 Å². The van der Waals surface area contributed by atoms with Gasteiger partial charge in [-0.25, -0.2) is 9.97 Å². The van der Waals surface area contributed by atoms with Crippen molar-refractivity contribution in [1.82, 2.24) is 9.97 Å². The second kappa shape index (κ2) is 2.79. The Morgan fingerprint density at radius 2 is 1.87 bits per heavy atom. The summed E-state index contributed by atoms with van der Waals surface area (Å²) in [6.07, 6.45) is 0. The minimum absolute atomic E-state index is 0.784. The molecule has 0 radical (unpaired) electrons. The van der Waals surface area contributed by atoms with Crippen LogP contribution in [0.15, 0.2) is 28.7 Å². The van der Waals surface area contributed by atoms with Crippen molar-refractivity contribution in [2.45, 2.75) is 13.8 Å². The lowest BCUT2D eigenvalue weighted by molar-refractivity contribution is 0.660. The summed E-state index contributed by atoms with van der Waals surface area (Å²) in [4.78, 5) is 8.71. The number of para-hydroxylation sites is 1. The van der Waals surface area contributed by atoms with Gasteiger partial charge in [0.15, 0.2) is 5.58 Å². The first kappa shape index (κ1) is 8.41. The highest BCUT2D eigenvalue weighted by atomic mass is 16.3. The van der Waals surface area contributed by atoms with Gasteiger partial charge in [-0.3, -0.25) is 0 Å². The Balaban J connectivity index is 2.61. The highest BCUT2D eigenvalue weighted by Crippen LogP contribution is 2.28. The zero-order chi connectivity index (χ0) is 10.4. The largest absolute Gasteiger partial charge is 0.452 e. The normalized spacial score (nSPS) is 11.3. The third-order valence-electron chi connectivity index (χ3n) is 2.50. The summed E-state index contributed by atoms with van der Waals surface area (Å²) in [5, 5.41) is 1.06. The molecule has 15 heavy (non-hydrogen) atoms. The van der Waals surface area contributed by atoms with Gasteiger partial charge in [-0.2, -0.15) is 0 Å². The Hall–Kier alpha value is -1.90. The Morgan fingerprint density at radius 3 is 2.73 bits per heavy atom. The third-order valence-corrected chi connectivity index (χ3v) is 2.50. The standard InChI is InChI=1S/C12H10N2O/c1-7-12-11(14-8(2)13-7)9-5-3-4-6-10(9)15-12/h3-6H,1-2H3. The first-order chi connectivity index (χ1) is 7.25. The van der Waals surface area contributed by atoms with E-state index in [0.29, 0.717) is 0 Å². The third kappa shape index (κ3) is 1.13. The lowest BCUT2D eigenvalue weighted by atomic mass is 10.2. The van der Waals surface area contributed by atoms with Crippen molar-refractivity contribution in [3.8, 4) is 0 Å². The molecular weight excluding hydrogens is 188 g/mol. The average Bonchev–Trinajstić information content (AvgIpc) is 2.57. The fraction of sp³-hybridized carbons (Fsp3) is 0.167. The van der Waals surface area contributed by atoms with Crippen molar-refractivity contribution in [1.29, 1.82) is 0 Å². The highest BCUT2D eigenvalue weighted by molar-refractivity contribution is 6.02. The minimum atomic E-state index is 0.784. The molecule has 2 heterocycles. The molecule has 0 bridgehead atoms. The zero-order valence-corrected chi connectivity index (χ0v) is 8.61. The van der Waals surface area contributed by atoms with Crippen LogP contribution in [0.4, 0.5) is 0 Å². The molecule has 0 fully saturated rings. The number of fused-ring (bicyclic) bond motifs is 3. The van der Waals surface area contributed by atoms with E-state index in [1.807, 2.05) is 38.1 Å². The monoisotopic (exact) mass is 198 g/mol. The summed E-state index contributed by atoms with van der Waals surface area (Å²) >= 11 is 0. The van der Waals surface area contributed by atoms with Crippen LogP contribution in [0.25, 0.3) is 22.1 Å². The predicted octanol–water partition coefficient (Wildman–Crippen LogP) is 2.99. The van der Waals surface area contributed by atoms with Crippen molar-refractivity contribution >= 4 is 22.1 Å². The van der Waals surface area contributed by atoms with Gasteiger partial charge in [0.2, 0.25) is 0 Å². The van der Waals surface area contributed by atoms with Gasteiger partial charge >= 0.3 is 0 Å². The van der Waals surface area contributed by atoms with Crippen molar-refractivity contribution < 1.29 is 4.42 Å². The molecule has 0 N–H and O–H groups in total. The van der Waals surface area contributed by atoms with Crippen LogP contribution in [-0.4, -0.2) is 9.97 Å². The fourth-order valence-corrected chi connectivity index (χ4v) is 1.87. The molecule has 1 aromatic carbocycles. The molecule has 0 aliphatic carbocycles. The number of hydrogen-bond acceptors (Lipinski definition) is 3. The SMILES string of the molecule is Cc1nc(C)c2oc3ccccc3c2n1. The highest BCUT2D eigenvalue weighted by Gasteiger charge is 2.10. The molecule has 0 amide bonds. The van der Waals surface area contributed by atoms with Crippen molar-refractivity contribution in [2.75, 3.05) is 0 Å². The number of benzene rings is 1. The Bertz CT molecular complexity index is 655. The van der Waals surface area contributed by atoms with Gasteiger partial charge in [0.1, 0.15) is 16.9 Å². The van der Waals surface area contributed by atoms with Crippen LogP contribution in [0.3, 0.4) is 0 Å². The summed E-state index contributed by atoms with van der Waals surface area (Å²) in [7, 11) is 0. The second-order valence-corrected chi connectivity index (χ2v) is 3.63. The van der Waals surface area contributed by atoms with Gasteiger partial charge in [0.25, 0.3) is 0 Å². The van der Waals surface area contributed by atoms with E-state index in [9.17, 15) is 0 Å². The first-order valence-electron chi connectivity index (χ1n) is 4.88. The maximum absolute atomic E-state index is 5.71. The van der Waals surface area contributed by atoms with Gasteiger partial charge < -0.3 is 4.42 Å². The van der Waals surface area contributed by atoms with Crippen molar-refractivity contribution in [3.63, 3.8) is 0 Å². The molecule has 3 aromatic rings. The maximum atomic E-state index is 5.71. The molecule has 3 heteroatoms. The topological polar surface area (TPSA) is 38.9 Å². The van der Waals surface area contributed by atoms with Crippen LogP contribution in [0.1, 0.15) is 11.5 Å². The van der Waals surface area contributed by atoms with Crippen LogP contribution in [0.5, 0.6) is 0 Å². The zero-order valence-electron chi connectivity index (χ0n) is 8.61. The average molecular weight is 198 g/mol. The van der Waals surface area contributed by atoms with E-state index in [-0.39, 0.29) is 0 Å². The van der Waals surface area contributed by atoms with E-state index in [2.05, 4.69) is 9.97 Å². The Kier molecular flexibility index (Phi) is 1.57. The van der Waals surface area contributed by atoms with E-state index in [1.165, 1.54) is 0 Å². The molecule has 2 aromatic heterocycles. The summed E-state index contributed by atoms with van der Waals surface area (Å²) in [6, 6.07) is 7.92. The van der Waals surface area contributed by atoms with Crippen molar-refractivity contribution in [2.24, 2.45) is 0 Å². The Morgan fingerprint density at radius 1 is 1.07 bits per heavy atom. The predicted molar refractivity (Wildman–Crippen MR) is 58.8 cm³/mol. The summed E-state index contributed by atoms with van der Waals surface area (Å²) in [6.45, 7) is 3.84. The van der Waals surface area contributed by atoms with E-state index >= 15 is 0 Å². The molecule has 3 nitrogen and oxygen atoms in total. The number of aryl methyl sites for hydroxylation is 2. The smallest absolute Gasteiger partial charge is 0.175 e. The number of nitrogens with zero attached hydrogens (tertiary/aromatic N) is 2. The van der Waals surface area contributed by atoms with Crippen LogP contribution < -0.4 is 0 Å². The molecule has 0 spiro atoms. The van der Waals surface area contributed by atoms with Crippen LogP contribution >= 0.6 is 0 Å². The van der Waals surface area contributed by atoms with E-state index < -0.39 is 0 Å². The quantitative estimate of drug-likeness (QED) is 0.557. The van der Waals surface area contributed by atoms with Crippen LogP contribution in [-0.2, 0) is 0 Å². The number of rotatable bonds is 0. The molecule has 0 atom stereocenters. The molecule has 0 aliphatic rings. The molecule has 0 unspecified atom stereocenters. The molecule has 3 rings (SSSR count). The van der Waals surface area contributed by atoms with E-state index in [1.54, 1.807) is 0 Å². The van der Waals surface area contributed by atoms with Crippen LogP contribution in [0.2, 0.25) is 0 Å². The second-order valence-electron chi connectivity index (χ2n) is 3.63. The fourth-order valence-electron chi connectivity index (χ4n) is 1.87. The van der Waals surface area contributed by atoms with Crippen LogP contribution in [0, 0.1) is 13.8 Å². The Labute approximate surface area is 86.8 Å². The van der Waals surface area contributed by atoms with Gasteiger partial charge in [-0.15, -0.1) is 0 Å². The molecule has 74 valence electrons. The number of hydrogen-bond donors (Lipinski definition) is 0. The van der Waals surface area contributed by atoms with E-state index in [4.69, 9.17) is 4.42 Å². The number of aromatic nitrogens is 2. The van der Waals surface area contributed by atoms with Gasteiger partial charge in [-0.05, 0) is 26.0 Å².